The fourth-order valence-electron chi connectivity index (χ4n) is 1.84. The van der Waals surface area contributed by atoms with E-state index in [0.717, 1.165) is 12.8 Å². The number of nitrogens with zero attached hydrogens (tertiary/aromatic N) is 1. The number of carbonyl (C=O) groups is 1. The fourth-order valence-corrected chi connectivity index (χ4v) is 1.84. The summed E-state index contributed by atoms with van der Waals surface area (Å²) in [6.07, 6.45) is 1.51. The number of aromatic nitrogens is 1. The molecule has 1 aromatic rings. The van der Waals surface area contributed by atoms with E-state index in [2.05, 4.69) is 5.16 Å². The second-order valence-corrected chi connectivity index (χ2v) is 3.50. The smallest absolute Gasteiger partial charge is 0.358 e. The zero-order valence-corrected chi connectivity index (χ0v) is 8.10. The summed E-state index contributed by atoms with van der Waals surface area (Å²) < 4.78 is 9.92. The molecule has 0 bridgehead atoms. The summed E-state index contributed by atoms with van der Waals surface area (Å²) in [6.45, 7) is 1.24. The molecule has 1 aliphatic heterocycles. The maximum Gasteiger partial charge on any atom is 0.358 e. The van der Waals surface area contributed by atoms with E-state index in [9.17, 15) is 4.79 Å². The van der Waals surface area contributed by atoms with Crippen LogP contribution in [-0.2, 0) is 4.74 Å². The highest BCUT2D eigenvalue weighted by Gasteiger charge is 2.28. The molecule has 0 aliphatic carbocycles. The van der Waals surface area contributed by atoms with Gasteiger partial charge in [0.05, 0.1) is 5.56 Å². The van der Waals surface area contributed by atoms with Crippen molar-refractivity contribution in [3.05, 3.63) is 11.3 Å². The first kappa shape index (κ1) is 9.97. The number of nitrogens with two attached hydrogens (primary N) is 1. The summed E-state index contributed by atoms with van der Waals surface area (Å²) in [5.74, 6) is -0.910. The van der Waals surface area contributed by atoms with Crippen molar-refractivity contribution in [2.24, 2.45) is 0 Å². The largest absolute Gasteiger partial charge is 0.476 e. The lowest BCUT2D eigenvalue weighted by Crippen LogP contribution is -2.17. The molecule has 0 atom stereocenters. The van der Waals surface area contributed by atoms with Crippen LogP contribution in [0, 0.1) is 0 Å². The fraction of sp³-hybridized carbons (Fsp3) is 0.556. The second-order valence-electron chi connectivity index (χ2n) is 3.50. The highest BCUT2D eigenvalue weighted by atomic mass is 16.5. The molecule has 1 fully saturated rings. The number of ether oxygens (including phenoxy) is 1. The maximum atomic E-state index is 10.9. The molecule has 1 aliphatic rings. The minimum absolute atomic E-state index is 0.0700. The highest BCUT2D eigenvalue weighted by Crippen LogP contribution is 2.33. The molecule has 1 aromatic heterocycles. The van der Waals surface area contributed by atoms with Crippen LogP contribution in [0.4, 0.5) is 5.88 Å². The van der Waals surface area contributed by atoms with Gasteiger partial charge in [-0.1, -0.05) is 5.16 Å². The van der Waals surface area contributed by atoms with E-state index in [0.29, 0.717) is 18.8 Å². The monoisotopic (exact) mass is 212 g/mol. The number of aromatic carboxylic acids is 1. The Balaban J connectivity index is 2.32. The molecule has 3 N–H and O–H groups in total. The van der Waals surface area contributed by atoms with Crippen LogP contribution in [0.2, 0.25) is 0 Å². The zero-order valence-electron chi connectivity index (χ0n) is 8.10. The average molecular weight is 212 g/mol. The summed E-state index contributed by atoms with van der Waals surface area (Å²) in [5.41, 5.74) is 6.03. The minimum Gasteiger partial charge on any atom is -0.476 e. The van der Waals surface area contributed by atoms with Crippen LogP contribution in [0.5, 0.6) is 0 Å². The van der Waals surface area contributed by atoms with Gasteiger partial charge in [-0.25, -0.2) is 4.79 Å². The number of carboxylic acid groups (broad SMARTS) is 1. The van der Waals surface area contributed by atoms with Crippen molar-refractivity contribution in [2.45, 2.75) is 18.8 Å². The molecule has 0 saturated carbocycles. The molecular weight excluding hydrogens is 200 g/mol. The second kappa shape index (κ2) is 3.90. The van der Waals surface area contributed by atoms with Crippen molar-refractivity contribution in [3.63, 3.8) is 0 Å². The lowest BCUT2D eigenvalue weighted by atomic mass is 9.91. The average Bonchev–Trinajstić information content (AvgIpc) is 2.61. The Bertz CT molecular complexity index is 368. The van der Waals surface area contributed by atoms with Gasteiger partial charge >= 0.3 is 5.97 Å². The Morgan fingerprint density at radius 3 is 2.73 bits per heavy atom. The molecule has 15 heavy (non-hydrogen) atoms. The van der Waals surface area contributed by atoms with E-state index >= 15 is 0 Å². The first-order valence-electron chi connectivity index (χ1n) is 4.76. The zero-order chi connectivity index (χ0) is 10.8. The van der Waals surface area contributed by atoms with Crippen molar-refractivity contribution < 1.29 is 19.2 Å². The normalized spacial score (nSPS) is 17.9. The van der Waals surface area contributed by atoms with Crippen LogP contribution in [0.1, 0.15) is 34.8 Å². The number of hydrogen-bond acceptors (Lipinski definition) is 5. The summed E-state index contributed by atoms with van der Waals surface area (Å²) in [4.78, 5) is 10.9. The Morgan fingerprint density at radius 2 is 2.13 bits per heavy atom. The van der Waals surface area contributed by atoms with Gasteiger partial charge in [0, 0.05) is 13.2 Å². The lowest BCUT2D eigenvalue weighted by molar-refractivity contribution is 0.0675. The Labute approximate surface area is 86.0 Å². The Hall–Kier alpha value is -1.56. The van der Waals surface area contributed by atoms with Crippen molar-refractivity contribution in [1.82, 2.24) is 5.16 Å². The van der Waals surface area contributed by atoms with E-state index in [4.69, 9.17) is 20.1 Å². The number of nitrogen functional groups attached to an aromatic ring is 1. The van der Waals surface area contributed by atoms with E-state index in [1.54, 1.807) is 0 Å². The van der Waals surface area contributed by atoms with Gasteiger partial charge in [-0.05, 0) is 18.8 Å². The molecule has 0 amide bonds. The summed E-state index contributed by atoms with van der Waals surface area (Å²) in [6, 6.07) is 0. The van der Waals surface area contributed by atoms with E-state index < -0.39 is 5.97 Å². The van der Waals surface area contributed by atoms with Crippen LogP contribution in [0.25, 0.3) is 0 Å². The SMILES string of the molecule is Nc1onc(C(=O)O)c1C1CCOCC1. The molecule has 6 heteroatoms. The lowest BCUT2D eigenvalue weighted by Gasteiger charge is -2.21. The van der Waals surface area contributed by atoms with Crippen LogP contribution in [-0.4, -0.2) is 29.4 Å². The molecule has 0 spiro atoms. The van der Waals surface area contributed by atoms with Crippen molar-refractivity contribution in [3.8, 4) is 0 Å². The third kappa shape index (κ3) is 1.80. The van der Waals surface area contributed by atoms with Crippen LogP contribution < -0.4 is 5.73 Å². The molecule has 0 radical (unpaired) electrons. The number of hydrogen-bond donors (Lipinski definition) is 2. The molecule has 0 aromatic carbocycles. The molecule has 2 heterocycles. The van der Waals surface area contributed by atoms with E-state index in [1.165, 1.54) is 0 Å². The van der Waals surface area contributed by atoms with Gasteiger partial charge in [0.2, 0.25) is 5.88 Å². The van der Waals surface area contributed by atoms with E-state index in [1.807, 2.05) is 0 Å². The molecule has 82 valence electrons. The van der Waals surface area contributed by atoms with Crippen LogP contribution >= 0.6 is 0 Å². The topological polar surface area (TPSA) is 98.6 Å². The van der Waals surface area contributed by atoms with Gasteiger partial charge in [-0.2, -0.15) is 0 Å². The molecule has 0 unspecified atom stereocenters. The van der Waals surface area contributed by atoms with Gasteiger partial charge < -0.3 is 20.1 Å². The standard InChI is InChI=1S/C9H12N2O4/c10-8-6(5-1-3-14-4-2-5)7(9(12)13)11-15-8/h5H,1-4,10H2,(H,12,13). The van der Waals surface area contributed by atoms with Gasteiger partial charge in [0.25, 0.3) is 0 Å². The first-order valence-corrected chi connectivity index (χ1v) is 4.76. The first-order chi connectivity index (χ1) is 7.20. The molecule has 6 nitrogen and oxygen atoms in total. The summed E-state index contributed by atoms with van der Waals surface area (Å²) >= 11 is 0. The molecular formula is C9H12N2O4. The molecule has 1 saturated heterocycles. The van der Waals surface area contributed by atoms with Gasteiger partial charge in [-0.3, -0.25) is 0 Å². The highest BCUT2D eigenvalue weighted by molar-refractivity contribution is 5.88. The van der Waals surface area contributed by atoms with Crippen molar-refractivity contribution in [2.75, 3.05) is 18.9 Å². The summed E-state index contributed by atoms with van der Waals surface area (Å²) in [7, 11) is 0. The van der Waals surface area contributed by atoms with Crippen molar-refractivity contribution >= 4 is 11.9 Å². The van der Waals surface area contributed by atoms with Crippen molar-refractivity contribution in [1.29, 1.82) is 0 Å². The van der Waals surface area contributed by atoms with Crippen LogP contribution in [0.3, 0.4) is 0 Å². The Morgan fingerprint density at radius 1 is 1.47 bits per heavy atom. The van der Waals surface area contributed by atoms with Gasteiger partial charge in [0.1, 0.15) is 0 Å². The minimum atomic E-state index is -1.10. The maximum absolute atomic E-state index is 10.9. The molecule has 2 rings (SSSR count). The third-order valence-electron chi connectivity index (χ3n) is 2.59. The van der Waals surface area contributed by atoms with Crippen LogP contribution in [0.15, 0.2) is 4.52 Å². The predicted molar refractivity (Wildman–Crippen MR) is 50.7 cm³/mol. The van der Waals surface area contributed by atoms with E-state index in [-0.39, 0.29) is 17.5 Å². The predicted octanol–water partition coefficient (Wildman–Crippen LogP) is 0.849. The summed E-state index contributed by atoms with van der Waals surface area (Å²) in [5, 5.41) is 12.4. The van der Waals surface area contributed by atoms with Gasteiger partial charge in [-0.15, -0.1) is 0 Å². The number of anilines is 1. The third-order valence-corrected chi connectivity index (χ3v) is 2.59. The number of carboxylic acids is 1. The van der Waals surface area contributed by atoms with Gasteiger partial charge in [0.15, 0.2) is 5.69 Å². The number of rotatable bonds is 2. The Kier molecular flexibility index (Phi) is 2.59. The quantitative estimate of drug-likeness (QED) is 0.753.